The predicted octanol–water partition coefficient (Wildman–Crippen LogP) is 2.39. The summed E-state index contributed by atoms with van der Waals surface area (Å²) in [5, 5.41) is 0. The summed E-state index contributed by atoms with van der Waals surface area (Å²) in [6.07, 6.45) is 0. The highest BCUT2D eigenvalue weighted by molar-refractivity contribution is 4.80. The predicted molar refractivity (Wildman–Crippen MR) is 25.8 cm³/mol. The Bertz CT molecular complexity index is 62.7. The average molecular weight is 126 g/mol. The van der Waals surface area contributed by atoms with Crippen molar-refractivity contribution in [2.24, 2.45) is 0 Å². The molecule has 0 unspecified atom stereocenters. The van der Waals surface area contributed by atoms with Gasteiger partial charge in [0, 0.05) is 6.92 Å². The molecule has 3 heteroatoms. The lowest BCUT2D eigenvalue weighted by atomic mass is 10.1. The number of rotatable bonds is 1. The first kappa shape index (κ1) is 7.79. The van der Waals surface area contributed by atoms with E-state index < -0.39 is 11.6 Å². The fraction of sp³-hybridized carbons (Fsp3) is 1.00. The third-order valence-electron chi connectivity index (χ3n) is 1.04. The Hall–Kier alpha value is -0.210. The van der Waals surface area contributed by atoms with Crippen molar-refractivity contribution < 1.29 is 13.2 Å². The minimum absolute atomic E-state index is 0.562. The first-order valence-corrected chi connectivity index (χ1v) is 2.32. The van der Waals surface area contributed by atoms with Crippen molar-refractivity contribution in [2.45, 2.75) is 32.4 Å². The van der Waals surface area contributed by atoms with E-state index in [1.807, 2.05) is 0 Å². The summed E-state index contributed by atoms with van der Waals surface area (Å²) in [6.45, 7) is 2.27. The van der Waals surface area contributed by atoms with Crippen molar-refractivity contribution in [3.05, 3.63) is 0 Å². The van der Waals surface area contributed by atoms with Crippen molar-refractivity contribution >= 4 is 0 Å². The second kappa shape index (κ2) is 1.64. The minimum atomic E-state index is -3.23. The molecule has 0 atom stereocenters. The lowest BCUT2D eigenvalue weighted by Crippen LogP contribution is -2.35. The third kappa shape index (κ3) is 1.72. The van der Waals surface area contributed by atoms with Crippen LogP contribution < -0.4 is 0 Å². The molecule has 0 spiro atoms. The number of halogens is 3. The van der Waals surface area contributed by atoms with Gasteiger partial charge in [-0.2, -0.15) is 0 Å². The summed E-state index contributed by atoms with van der Waals surface area (Å²) < 4.78 is 35.9. The largest absolute Gasteiger partial charge is 0.278 e. The summed E-state index contributed by atoms with van der Waals surface area (Å²) in [5.41, 5.74) is -2.40. The van der Waals surface area contributed by atoms with Gasteiger partial charge >= 0.3 is 0 Å². The molecule has 0 aromatic heterocycles. The molecule has 0 bridgehead atoms. The van der Waals surface area contributed by atoms with Crippen molar-refractivity contribution in [3.63, 3.8) is 0 Å². The average Bonchev–Trinajstić information content (AvgIpc) is 1.25. The van der Waals surface area contributed by atoms with Gasteiger partial charge in [-0.15, -0.1) is 0 Å². The van der Waals surface area contributed by atoms with Crippen LogP contribution in [0, 0.1) is 0 Å². The topological polar surface area (TPSA) is 0 Å². The molecule has 0 aromatic rings. The molecule has 0 aliphatic rings. The molecule has 8 heavy (non-hydrogen) atoms. The molecule has 0 aliphatic carbocycles. The van der Waals surface area contributed by atoms with Gasteiger partial charge < -0.3 is 0 Å². The zero-order chi connectivity index (χ0) is 7.00. The van der Waals surface area contributed by atoms with Crippen LogP contribution in [0.1, 0.15) is 20.8 Å². The summed E-state index contributed by atoms with van der Waals surface area (Å²) in [6, 6.07) is 0. The van der Waals surface area contributed by atoms with E-state index in [2.05, 4.69) is 0 Å². The summed E-state index contributed by atoms with van der Waals surface area (Å²) in [4.78, 5) is 0. The molecule has 0 saturated carbocycles. The maximum atomic E-state index is 12.1. The Labute approximate surface area is 46.7 Å². The van der Waals surface area contributed by atoms with Crippen molar-refractivity contribution in [3.8, 4) is 0 Å². The van der Waals surface area contributed by atoms with Crippen LogP contribution in [-0.2, 0) is 0 Å². The number of hydrogen-bond acceptors (Lipinski definition) is 0. The highest BCUT2D eigenvalue weighted by Gasteiger charge is 2.42. The van der Waals surface area contributed by atoms with Gasteiger partial charge in [0.1, 0.15) is 0 Å². The van der Waals surface area contributed by atoms with Crippen LogP contribution in [0.25, 0.3) is 0 Å². The molecule has 0 amide bonds. The first-order chi connectivity index (χ1) is 3.25. The molecule has 0 rings (SSSR count). The summed E-state index contributed by atoms with van der Waals surface area (Å²) in [5.74, 6) is -3.23. The zero-order valence-corrected chi connectivity index (χ0v) is 5.13. The van der Waals surface area contributed by atoms with Crippen LogP contribution in [0.3, 0.4) is 0 Å². The highest BCUT2D eigenvalue weighted by atomic mass is 19.3. The fourth-order valence-electron chi connectivity index (χ4n) is 0. The Morgan fingerprint density at radius 1 is 0.875 bits per heavy atom. The molecule has 0 heterocycles. The lowest BCUT2D eigenvalue weighted by molar-refractivity contribution is -0.104. The van der Waals surface area contributed by atoms with Gasteiger partial charge in [-0.3, -0.25) is 0 Å². The Kier molecular flexibility index (Phi) is 1.59. The van der Waals surface area contributed by atoms with Gasteiger partial charge in [-0.05, 0) is 13.8 Å². The molecule has 0 aromatic carbocycles. The minimum Gasteiger partial charge on any atom is -0.238 e. The molecule has 50 valence electrons. The molecule has 0 radical (unpaired) electrons. The molecule has 0 fully saturated rings. The second-order valence-corrected chi connectivity index (χ2v) is 2.36. The Morgan fingerprint density at radius 3 is 1.00 bits per heavy atom. The van der Waals surface area contributed by atoms with Gasteiger partial charge in [0.25, 0.3) is 5.92 Å². The van der Waals surface area contributed by atoms with Crippen molar-refractivity contribution in [1.82, 2.24) is 0 Å². The maximum Gasteiger partial charge on any atom is 0.278 e. The molecule has 0 N–H and O–H groups in total. The van der Waals surface area contributed by atoms with E-state index in [1.165, 1.54) is 0 Å². The van der Waals surface area contributed by atoms with Gasteiger partial charge in [0.15, 0.2) is 5.67 Å². The van der Waals surface area contributed by atoms with Crippen LogP contribution in [0.4, 0.5) is 13.2 Å². The van der Waals surface area contributed by atoms with Gasteiger partial charge in [0.05, 0.1) is 0 Å². The second-order valence-electron chi connectivity index (χ2n) is 2.36. The molecule has 0 aliphatic heterocycles. The first-order valence-electron chi connectivity index (χ1n) is 2.32. The zero-order valence-electron chi connectivity index (χ0n) is 5.13. The van der Waals surface area contributed by atoms with Gasteiger partial charge in [-0.25, -0.2) is 13.2 Å². The van der Waals surface area contributed by atoms with Crippen molar-refractivity contribution in [2.75, 3.05) is 0 Å². The van der Waals surface area contributed by atoms with E-state index in [9.17, 15) is 13.2 Å². The summed E-state index contributed by atoms with van der Waals surface area (Å²) >= 11 is 0. The fourth-order valence-corrected chi connectivity index (χ4v) is 0. The van der Waals surface area contributed by atoms with Gasteiger partial charge in [-0.1, -0.05) is 0 Å². The smallest absolute Gasteiger partial charge is 0.238 e. The van der Waals surface area contributed by atoms with Gasteiger partial charge in [0.2, 0.25) is 0 Å². The summed E-state index contributed by atoms with van der Waals surface area (Å²) in [7, 11) is 0. The van der Waals surface area contributed by atoms with E-state index in [1.54, 1.807) is 0 Å². The lowest BCUT2D eigenvalue weighted by Gasteiger charge is -2.21. The van der Waals surface area contributed by atoms with Crippen LogP contribution in [0.2, 0.25) is 0 Å². The molecular formula is C5H9F3. The molecular weight excluding hydrogens is 117 g/mol. The highest BCUT2D eigenvalue weighted by Crippen LogP contribution is 2.30. The SMILES string of the molecule is CC(C)(F)C(C)(F)F. The van der Waals surface area contributed by atoms with Crippen LogP contribution >= 0.6 is 0 Å². The monoisotopic (exact) mass is 126 g/mol. The van der Waals surface area contributed by atoms with Crippen LogP contribution in [0.5, 0.6) is 0 Å². The van der Waals surface area contributed by atoms with Crippen LogP contribution in [0.15, 0.2) is 0 Å². The standard InChI is InChI=1S/C5H9F3/c1-4(2,6)5(3,7)8/h1-3H3. The molecule has 0 nitrogen and oxygen atoms in total. The normalized spacial score (nSPS) is 14.2. The van der Waals surface area contributed by atoms with E-state index in [-0.39, 0.29) is 0 Å². The van der Waals surface area contributed by atoms with Crippen LogP contribution in [-0.4, -0.2) is 11.6 Å². The molecule has 0 saturated heterocycles. The Morgan fingerprint density at radius 2 is 1.00 bits per heavy atom. The Balaban J connectivity index is 4.02. The quantitative estimate of drug-likeness (QED) is 0.506. The third-order valence-corrected chi connectivity index (χ3v) is 1.04. The van der Waals surface area contributed by atoms with Crippen molar-refractivity contribution in [1.29, 1.82) is 0 Å². The van der Waals surface area contributed by atoms with E-state index in [0.29, 0.717) is 6.92 Å². The van der Waals surface area contributed by atoms with E-state index in [0.717, 1.165) is 13.8 Å². The number of alkyl halides is 3. The maximum absolute atomic E-state index is 12.1. The van der Waals surface area contributed by atoms with E-state index >= 15 is 0 Å². The number of hydrogen-bond donors (Lipinski definition) is 0. The van der Waals surface area contributed by atoms with E-state index in [4.69, 9.17) is 0 Å².